The summed E-state index contributed by atoms with van der Waals surface area (Å²) in [7, 11) is 0. The molecule has 1 aliphatic carbocycles. The summed E-state index contributed by atoms with van der Waals surface area (Å²) in [6, 6.07) is 0. The molecule has 3 heteroatoms. The largest absolute Gasteiger partial charge is 0.349 e. The second kappa shape index (κ2) is 9.35. The highest BCUT2D eigenvalue weighted by molar-refractivity contribution is 5.76. The molecule has 19 heavy (non-hydrogen) atoms. The van der Waals surface area contributed by atoms with Gasteiger partial charge in [0.15, 0.2) is 0 Å². The molecule has 0 radical (unpaired) electrons. The van der Waals surface area contributed by atoms with Gasteiger partial charge in [0.2, 0.25) is 5.91 Å². The van der Waals surface area contributed by atoms with Crippen LogP contribution in [0.25, 0.3) is 0 Å². The molecular weight excluding hydrogens is 236 g/mol. The molecule has 0 spiro atoms. The fraction of sp³-hybridized carbons (Fsp3) is 0.938. The van der Waals surface area contributed by atoms with Crippen molar-refractivity contribution < 1.29 is 4.79 Å². The molecule has 0 bridgehead atoms. The molecule has 0 aromatic heterocycles. The lowest BCUT2D eigenvalue weighted by Crippen LogP contribution is -2.51. The minimum atomic E-state index is -0.0712. The Morgan fingerprint density at radius 1 is 1.05 bits per heavy atom. The smallest absolute Gasteiger partial charge is 0.220 e. The fourth-order valence-electron chi connectivity index (χ4n) is 3.03. The summed E-state index contributed by atoms with van der Waals surface area (Å²) in [6.07, 6.45) is 14.0. The van der Waals surface area contributed by atoms with Gasteiger partial charge in [-0.15, -0.1) is 0 Å². The predicted molar refractivity (Wildman–Crippen MR) is 81.0 cm³/mol. The van der Waals surface area contributed by atoms with Crippen LogP contribution >= 0.6 is 0 Å². The summed E-state index contributed by atoms with van der Waals surface area (Å²) in [5, 5.41) is 3.19. The molecular formula is C16H32N2O. The summed E-state index contributed by atoms with van der Waals surface area (Å²) < 4.78 is 0. The van der Waals surface area contributed by atoms with Crippen molar-refractivity contribution in [1.82, 2.24) is 5.32 Å². The Balaban J connectivity index is 2.04. The monoisotopic (exact) mass is 268 g/mol. The van der Waals surface area contributed by atoms with Crippen molar-refractivity contribution in [1.29, 1.82) is 0 Å². The first-order valence-electron chi connectivity index (χ1n) is 8.23. The SMILES string of the molecule is CCCCCCCCCC(=O)NC1(CN)CCCC1. The summed E-state index contributed by atoms with van der Waals surface area (Å²) in [6.45, 7) is 2.83. The first-order chi connectivity index (χ1) is 9.22. The van der Waals surface area contributed by atoms with Gasteiger partial charge in [0.1, 0.15) is 0 Å². The fourth-order valence-corrected chi connectivity index (χ4v) is 3.03. The van der Waals surface area contributed by atoms with E-state index in [-0.39, 0.29) is 11.4 Å². The molecule has 0 unspecified atom stereocenters. The molecule has 1 amide bonds. The quantitative estimate of drug-likeness (QED) is 0.596. The van der Waals surface area contributed by atoms with E-state index in [1.54, 1.807) is 0 Å². The van der Waals surface area contributed by atoms with Crippen LogP contribution < -0.4 is 11.1 Å². The minimum Gasteiger partial charge on any atom is -0.349 e. The molecule has 0 saturated heterocycles. The van der Waals surface area contributed by atoms with Crippen LogP contribution in [0, 0.1) is 0 Å². The number of amides is 1. The van der Waals surface area contributed by atoms with Crippen LogP contribution in [0.1, 0.15) is 84.0 Å². The van der Waals surface area contributed by atoms with E-state index >= 15 is 0 Å². The molecule has 112 valence electrons. The van der Waals surface area contributed by atoms with Crippen LogP contribution in [0.4, 0.5) is 0 Å². The number of carbonyl (C=O) groups excluding carboxylic acids is 1. The summed E-state index contributed by atoms with van der Waals surface area (Å²) in [5.41, 5.74) is 5.75. The third-order valence-electron chi connectivity index (χ3n) is 4.36. The topological polar surface area (TPSA) is 55.1 Å². The number of rotatable bonds is 10. The first kappa shape index (κ1) is 16.5. The molecule has 0 aromatic carbocycles. The molecule has 0 heterocycles. The van der Waals surface area contributed by atoms with Crippen molar-refractivity contribution in [3.05, 3.63) is 0 Å². The van der Waals surface area contributed by atoms with E-state index in [0.717, 1.165) is 19.3 Å². The van der Waals surface area contributed by atoms with Gasteiger partial charge < -0.3 is 11.1 Å². The standard InChI is InChI=1S/C16H32N2O/c1-2-3-4-5-6-7-8-11-15(19)18-16(14-17)12-9-10-13-16/h2-14,17H2,1H3,(H,18,19). The van der Waals surface area contributed by atoms with E-state index in [1.807, 2.05) is 0 Å². The number of nitrogens with two attached hydrogens (primary N) is 1. The molecule has 3 nitrogen and oxygen atoms in total. The van der Waals surface area contributed by atoms with Gasteiger partial charge in [0, 0.05) is 13.0 Å². The Hall–Kier alpha value is -0.570. The van der Waals surface area contributed by atoms with Crippen LogP contribution in [0.5, 0.6) is 0 Å². The third-order valence-corrected chi connectivity index (χ3v) is 4.36. The second-order valence-electron chi connectivity index (χ2n) is 6.11. The summed E-state index contributed by atoms with van der Waals surface area (Å²) in [5.74, 6) is 0.209. The predicted octanol–water partition coefficient (Wildman–Crippen LogP) is 3.51. The maximum absolute atomic E-state index is 11.9. The Kier molecular flexibility index (Phi) is 8.11. The van der Waals surface area contributed by atoms with Gasteiger partial charge >= 0.3 is 0 Å². The lowest BCUT2D eigenvalue weighted by molar-refractivity contribution is -0.123. The maximum atomic E-state index is 11.9. The van der Waals surface area contributed by atoms with E-state index < -0.39 is 0 Å². The van der Waals surface area contributed by atoms with E-state index in [2.05, 4.69) is 12.2 Å². The van der Waals surface area contributed by atoms with E-state index in [0.29, 0.717) is 13.0 Å². The highest BCUT2D eigenvalue weighted by Crippen LogP contribution is 2.28. The second-order valence-corrected chi connectivity index (χ2v) is 6.11. The zero-order valence-electron chi connectivity index (χ0n) is 12.7. The minimum absolute atomic E-state index is 0.0712. The molecule has 1 rings (SSSR count). The van der Waals surface area contributed by atoms with E-state index in [9.17, 15) is 4.79 Å². The van der Waals surface area contributed by atoms with Gasteiger partial charge in [-0.1, -0.05) is 58.3 Å². The molecule has 0 aromatic rings. The molecule has 0 atom stereocenters. The molecule has 1 saturated carbocycles. The number of hydrogen-bond donors (Lipinski definition) is 2. The highest BCUT2D eigenvalue weighted by Gasteiger charge is 2.33. The van der Waals surface area contributed by atoms with Gasteiger partial charge in [0.25, 0.3) is 0 Å². The number of unbranched alkanes of at least 4 members (excludes halogenated alkanes) is 6. The van der Waals surface area contributed by atoms with E-state index in [4.69, 9.17) is 5.73 Å². The Morgan fingerprint density at radius 2 is 1.63 bits per heavy atom. The average Bonchev–Trinajstić information content (AvgIpc) is 2.87. The van der Waals surface area contributed by atoms with Crippen LogP contribution in [0.3, 0.4) is 0 Å². The molecule has 1 fully saturated rings. The van der Waals surface area contributed by atoms with Crippen molar-refractivity contribution in [2.24, 2.45) is 5.73 Å². The zero-order valence-corrected chi connectivity index (χ0v) is 12.7. The highest BCUT2D eigenvalue weighted by atomic mass is 16.1. The van der Waals surface area contributed by atoms with Crippen LogP contribution in [-0.2, 0) is 4.79 Å². The molecule has 1 aliphatic rings. The van der Waals surface area contributed by atoms with Crippen molar-refractivity contribution in [2.45, 2.75) is 89.5 Å². The van der Waals surface area contributed by atoms with Gasteiger partial charge in [-0.25, -0.2) is 0 Å². The lowest BCUT2D eigenvalue weighted by atomic mass is 9.97. The normalized spacial score (nSPS) is 17.6. The number of hydrogen-bond acceptors (Lipinski definition) is 2. The average molecular weight is 268 g/mol. The lowest BCUT2D eigenvalue weighted by Gasteiger charge is -2.28. The van der Waals surface area contributed by atoms with Crippen LogP contribution in [0.2, 0.25) is 0 Å². The number of nitrogens with one attached hydrogen (secondary N) is 1. The van der Waals surface area contributed by atoms with Crippen LogP contribution in [0.15, 0.2) is 0 Å². The summed E-state index contributed by atoms with van der Waals surface area (Å²) in [4.78, 5) is 11.9. The Bertz CT molecular complexity index is 247. The maximum Gasteiger partial charge on any atom is 0.220 e. The Labute approximate surface area is 118 Å². The molecule has 0 aliphatic heterocycles. The van der Waals surface area contributed by atoms with Crippen molar-refractivity contribution in [3.63, 3.8) is 0 Å². The zero-order chi connectivity index (χ0) is 14.0. The Morgan fingerprint density at radius 3 is 2.21 bits per heavy atom. The summed E-state index contributed by atoms with van der Waals surface area (Å²) >= 11 is 0. The first-order valence-corrected chi connectivity index (χ1v) is 8.23. The van der Waals surface area contributed by atoms with Crippen molar-refractivity contribution in [2.75, 3.05) is 6.54 Å². The van der Waals surface area contributed by atoms with Gasteiger partial charge in [-0.3, -0.25) is 4.79 Å². The van der Waals surface area contributed by atoms with Crippen LogP contribution in [-0.4, -0.2) is 18.0 Å². The van der Waals surface area contributed by atoms with Crippen molar-refractivity contribution >= 4 is 5.91 Å². The molecule has 3 N–H and O–H groups in total. The van der Waals surface area contributed by atoms with Gasteiger partial charge in [-0.05, 0) is 19.3 Å². The van der Waals surface area contributed by atoms with Crippen molar-refractivity contribution in [3.8, 4) is 0 Å². The third kappa shape index (κ3) is 6.42. The van der Waals surface area contributed by atoms with Gasteiger partial charge in [0.05, 0.1) is 5.54 Å². The number of carbonyl (C=O) groups is 1. The van der Waals surface area contributed by atoms with E-state index in [1.165, 1.54) is 51.4 Å². The van der Waals surface area contributed by atoms with Gasteiger partial charge in [-0.2, -0.15) is 0 Å².